The van der Waals surface area contributed by atoms with Gasteiger partial charge in [-0.2, -0.15) is 4.31 Å². The number of carbonyl (C=O) groups is 1. The van der Waals surface area contributed by atoms with Crippen LogP contribution in [0.4, 0.5) is 4.39 Å². The Bertz CT molecular complexity index is 1290. The normalized spacial score (nSPS) is 17.2. The summed E-state index contributed by atoms with van der Waals surface area (Å²) in [5.74, 6) is -1.04. The van der Waals surface area contributed by atoms with Gasteiger partial charge in [0, 0.05) is 25.2 Å². The van der Waals surface area contributed by atoms with Gasteiger partial charge in [0.05, 0.1) is 5.92 Å². The van der Waals surface area contributed by atoms with Gasteiger partial charge in [0.15, 0.2) is 10.7 Å². The largest absolute Gasteiger partial charge is 0.355 e. The Morgan fingerprint density at radius 2 is 1.91 bits per heavy atom. The maximum atomic E-state index is 14.0. The van der Waals surface area contributed by atoms with Crippen LogP contribution in [0.3, 0.4) is 0 Å². The molecule has 1 amide bonds. The van der Waals surface area contributed by atoms with Crippen LogP contribution in [-0.2, 0) is 21.4 Å². The molecule has 2 aromatic carbocycles. The van der Waals surface area contributed by atoms with Crippen molar-refractivity contribution < 1.29 is 22.1 Å². The molecule has 0 radical (unpaired) electrons. The number of rotatable bonds is 7. The highest BCUT2D eigenvalue weighted by atomic mass is 32.2. The van der Waals surface area contributed by atoms with Crippen LogP contribution in [0, 0.1) is 18.7 Å². The molecule has 7 nitrogen and oxygen atoms in total. The topological polar surface area (TPSA) is 92.5 Å². The van der Waals surface area contributed by atoms with Crippen LogP contribution in [0.15, 0.2) is 64.0 Å². The van der Waals surface area contributed by atoms with Gasteiger partial charge in [-0.25, -0.2) is 12.8 Å². The summed E-state index contributed by atoms with van der Waals surface area (Å²) in [6.45, 7) is 2.30. The molecule has 0 aliphatic carbocycles. The Labute approximate surface area is 198 Å². The molecule has 1 aliphatic heterocycles. The Morgan fingerprint density at radius 3 is 2.68 bits per heavy atom. The van der Waals surface area contributed by atoms with Gasteiger partial charge >= 0.3 is 0 Å². The third-order valence-electron chi connectivity index (χ3n) is 5.82. The predicted molar refractivity (Wildman–Crippen MR) is 126 cm³/mol. The third kappa shape index (κ3) is 5.26. The lowest BCUT2D eigenvalue weighted by Crippen LogP contribution is -2.45. The molecule has 1 N–H and O–H groups in total. The number of carbonyl (C=O) groups excluding carboxylic acids is 1. The van der Waals surface area contributed by atoms with E-state index < -0.39 is 21.8 Å². The molecule has 1 saturated heterocycles. The number of amides is 1. The first-order chi connectivity index (χ1) is 16.4. The lowest BCUT2D eigenvalue weighted by atomic mass is 9.99. The van der Waals surface area contributed by atoms with E-state index in [4.69, 9.17) is 4.52 Å². The van der Waals surface area contributed by atoms with E-state index in [2.05, 4.69) is 10.5 Å². The van der Waals surface area contributed by atoms with Crippen molar-refractivity contribution in [3.8, 4) is 0 Å². The molecular formula is C25H26FN3O4S. The Balaban J connectivity index is 1.50. The van der Waals surface area contributed by atoms with Crippen LogP contribution < -0.4 is 5.32 Å². The van der Waals surface area contributed by atoms with Crippen molar-refractivity contribution in [3.05, 3.63) is 83.0 Å². The number of hydrogen-bond donors (Lipinski definition) is 1. The molecule has 2 heterocycles. The second kappa shape index (κ2) is 10.3. The van der Waals surface area contributed by atoms with Gasteiger partial charge in [0.2, 0.25) is 15.9 Å². The quantitative estimate of drug-likeness (QED) is 0.548. The summed E-state index contributed by atoms with van der Waals surface area (Å²) in [7, 11) is -3.98. The summed E-state index contributed by atoms with van der Waals surface area (Å²) in [5.41, 5.74) is 1.49. The molecule has 4 rings (SSSR count). The maximum Gasteiger partial charge on any atom is 0.248 e. The lowest BCUT2D eigenvalue weighted by molar-refractivity contribution is -0.126. The first-order valence-electron chi connectivity index (χ1n) is 11.1. The summed E-state index contributed by atoms with van der Waals surface area (Å²) in [6, 6.07) is 15.7. The molecule has 9 heteroatoms. The van der Waals surface area contributed by atoms with Crippen molar-refractivity contribution in [1.82, 2.24) is 14.8 Å². The maximum absolute atomic E-state index is 14.0. The molecule has 34 heavy (non-hydrogen) atoms. The minimum Gasteiger partial charge on any atom is -0.355 e. The molecule has 3 aromatic rings. The van der Waals surface area contributed by atoms with E-state index in [1.165, 1.54) is 22.5 Å². The lowest BCUT2D eigenvalue weighted by Gasteiger charge is -2.31. The highest BCUT2D eigenvalue weighted by Crippen LogP contribution is 2.29. The number of piperidine rings is 1. The first kappa shape index (κ1) is 23.8. The smallest absolute Gasteiger partial charge is 0.248 e. The van der Waals surface area contributed by atoms with Crippen LogP contribution in [-0.4, -0.2) is 36.9 Å². The van der Waals surface area contributed by atoms with Crippen molar-refractivity contribution in [2.24, 2.45) is 5.92 Å². The molecule has 1 aromatic heterocycles. The molecule has 0 unspecified atom stereocenters. The fourth-order valence-electron chi connectivity index (χ4n) is 4.01. The Morgan fingerprint density at radius 1 is 1.18 bits per heavy atom. The van der Waals surface area contributed by atoms with E-state index in [9.17, 15) is 17.6 Å². The number of hydrogen-bond acceptors (Lipinski definition) is 5. The van der Waals surface area contributed by atoms with Crippen LogP contribution in [0.2, 0.25) is 0 Å². The number of aromatic nitrogens is 1. The van der Waals surface area contributed by atoms with Gasteiger partial charge in [-0.05, 0) is 43.5 Å². The van der Waals surface area contributed by atoms with E-state index in [0.29, 0.717) is 31.5 Å². The molecular weight excluding hydrogens is 457 g/mol. The summed E-state index contributed by atoms with van der Waals surface area (Å²) in [5, 5.41) is 6.73. The second-order valence-corrected chi connectivity index (χ2v) is 10.1. The van der Waals surface area contributed by atoms with Crippen molar-refractivity contribution in [2.75, 3.05) is 13.1 Å². The van der Waals surface area contributed by atoms with Crippen molar-refractivity contribution >= 4 is 28.1 Å². The average Bonchev–Trinajstić information content (AvgIpc) is 3.23. The van der Waals surface area contributed by atoms with Gasteiger partial charge in [-0.15, -0.1) is 0 Å². The van der Waals surface area contributed by atoms with Gasteiger partial charge in [0.1, 0.15) is 11.5 Å². The number of halogens is 1. The predicted octanol–water partition coefficient (Wildman–Crippen LogP) is 4.01. The molecule has 178 valence electrons. The molecule has 1 aliphatic rings. The molecule has 1 atom stereocenters. The summed E-state index contributed by atoms with van der Waals surface area (Å²) < 4.78 is 47.5. The average molecular weight is 484 g/mol. The highest BCUT2D eigenvalue weighted by molar-refractivity contribution is 7.89. The van der Waals surface area contributed by atoms with Crippen molar-refractivity contribution in [2.45, 2.75) is 31.2 Å². The second-order valence-electron chi connectivity index (χ2n) is 8.22. The number of sulfonamides is 1. The first-order valence-corrected chi connectivity index (χ1v) is 12.5. The molecule has 0 saturated carbocycles. The third-order valence-corrected chi connectivity index (χ3v) is 7.84. The molecule has 1 fully saturated rings. The summed E-state index contributed by atoms with van der Waals surface area (Å²) >= 11 is 0. The zero-order valence-electron chi connectivity index (χ0n) is 18.8. The monoisotopic (exact) mass is 483 g/mol. The van der Waals surface area contributed by atoms with E-state index in [0.717, 1.165) is 5.56 Å². The van der Waals surface area contributed by atoms with Crippen LogP contribution in [0.5, 0.6) is 0 Å². The van der Waals surface area contributed by atoms with Crippen LogP contribution in [0.1, 0.15) is 35.4 Å². The number of nitrogens with one attached hydrogen (secondary N) is 1. The van der Waals surface area contributed by atoms with E-state index in [1.807, 2.05) is 30.3 Å². The molecule has 0 bridgehead atoms. The fraction of sp³-hybridized carbons (Fsp3) is 0.280. The summed E-state index contributed by atoms with van der Waals surface area (Å²) in [6.07, 6.45) is 4.02. The van der Waals surface area contributed by atoms with E-state index >= 15 is 0 Å². The number of aryl methyl sites for hydroxylation is 1. The SMILES string of the molecule is Cc1noc(/C=C/c2ccccc2F)c1S(=O)(=O)N1CCC[C@H](C(=O)NCc2ccccc2)C1. The Kier molecular flexibility index (Phi) is 7.23. The minimum atomic E-state index is -3.98. The minimum absolute atomic E-state index is 0.0244. The fourth-order valence-corrected chi connectivity index (χ4v) is 5.78. The standard InChI is InChI=1S/C25H26FN3O4S/c1-18-24(23(33-28-18)14-13-20-10-5-6-12-22(20)26)34(31,32)29-15-7-11-21(17-29)25(30)27-16-19-8-3-2-4-9-19/h2-6,8-10,12-14,21H,7,11,15-17H2,1H3,(H,27,30)/b14-13+/t21-/m0/s1. The number of nitrogens with zero attached hydrogens (tertiary/aromatic N) is 2. The Hall–Kier alpha value is -3.30. The van der Waals surface area contributed by atoms with Gasteiger partial charge < -0.3 is 9.84 Å². The van der Waals surface area contributed by atoms with E-state index in [-0.39, 0.29) is 28.8 Å². The highest BCUT2D eigenvalue weighted by Gasteiger charge is 2.36. The van der Waals surface area contributed by atoms with E-state index in [1.54, 1.807) is 25.1 Å². The van der Waals surface area contributed by atoms with Gasteiger partial charge in [0.25, 0.3) is 0 Å². The molecule has 0 spiro atoms. The van der Waals surface area contributed by atoms with Gasteiger partial charge in [-0.1, -0.05) is 53.7 Å². The zero-order valence-corrected chi connectivity index (χ0v) is 19.6. The van der Waals surface area contributed by atoms with Crippen LogP contribution in [0.25, 0.3) is 12.2 Å². The zero-order chi connectivity index (χ0) is 24.1. The summed E-state index contributed by atoms with van der Waals surface area (Å²) in [4.78, 5) is 12.7. The number of benzene rings is 2. The van der Waals surface area contributed by atoms with Gasteiger partial charge in [-0.3, -0.25) is 4.79 Å². The van der Waals surface area contributed by atoms with Crippen LogP contribution >= 0.6 is 0 Å². The van der Waals surface area contributed by atoms with Crippen molar-refractivity contribution in [3.63, 3.8) is 0 Å². The van der Waals surface area contributed by atoms with Crippen molar-refractivity contribution in [1.29, 1.82) is 0 Å².